The molecule has 3 aromatic heterocycles. The Morgan fingerprint density at radius 2 is 2.11 bits per heavy atom. The molecule has 27 heavy (non-hydrogen) atoms. The minimum atomic E-state index is -0.146. The van der Waals surface area contributed by atoms with E-state index in [2.05, 4.69) is 24.7 Å². The molecule has 0 atom stereocenters. The van der Waals surface area contributed by atoms with E-state index >= 15 is 0 Å². The molecular weight excluding hydrogens is 342 g/mol. The van der Waals surface area contributed by atoms with Crippen LogP contribution in [0.2, 0.25) is 0 Å². The van der Waals surface area contributed by atoms with Crippen molar-refractivity contribution < 1.29 is 4.79 Å². The largest absolute Gasteiger partial charge is 0.337 e. The van der Waals surface area contributed by atoms with Crippen LogP contribution in [-0.2, 0) is 20.1 Å². The Morgan fingerprint density at radius 3 is 2.89 bits per heavy atom. The summed E-state index contributed by atoms with van der Waals surface area (Å²) in [5.41, 5.74) is 3.27. The van der Waals surface area contributed by atoms with Gasteiger partial charge in [-0.25, -0.2) is 9.97 Å². The summed E-state index contributed by atoms with van der Waals surface area (Å²) < 4.78 is 4.00. The second-order valence-corrected chi connectivity index (χ2v) is 6.63. The summed E-state index contributed by atoms with van der Waals surface area (Å²) in [6.07, 6.45) is 3.58. The van der Waals surface area contributed by atoms with Crippen LogP contribution in [0.15, 0.2) is 42.7 Å². The van der Waals surface area contributed by atoms with Gasteiger partial charge in [0.05, 0.1) is 29.8 Å². The molecule has 4 aromatic rings. The summed E-state index contributed by atoms with van der Waals surface area (Å²) in [5.74, 6) is 1.60. The van der Waals surface area contributed by atoms with Gasteiger partial charge in [0.15, 0.2) is 0 Å². The Balaban J connectivity index is 1.52. The van der Waals surface area contributed by atoms with Gasteiger partial charge in [-0.1, -0.05) is 12.1 Å². The minimum Gasteiger partial charge on any atom is -0.337 e. The number of fused-ring (bicyclic) bond motifs is 1. The number of nitrogens with zero attached hydrogens (tertiary/aromatic N) is 6. The summed E-state index contributed by atoms with van der Waals surface area (Å²) in [4.78, 5) is 23.1. The van der Waals surface area contributed by atoms with Crippen LogP contribution in [0.1, 0.15) is 27.8 Å². The maximum absolute atomic E-state index is 12.7. The summed E-state index contributed by atoms with van der Waals surface area (Å²) in [6, 6.07) is 9.80. The van der Waals surface area contributed by atoms with Gasteiger partial charge >= 0.3 is 0 Å². The molecule has 8 heteroatoms. The number of hydrogen-bond acceptors (Lipinski definition) is 4. The standard InChI is InChI=1S/C19H21N7O/c1-13-21-15-6-4-5-7-17(15)26(13)11-14-10-16(23-22-14)19(27)25(3)12-18-20-8-9-24(18)2/h4-10H,11-12H2,1-3H3,(H,22,23). The molecule has 0 saturated heterocycles. The Labute approximate surface area is 156 Å². The number of carbonyl (C=O) groups is 1. The number of aromatic nitrogens is 6. The maximum atomic E-state index is 12.7. The molecule has 138 valence electrons. The van der Waals surface area contributed by atoms with Crippen molar-refractivity contribution in [1.29, 1.82) is 0 Å². The molecule has 8 nitrogen and oxygen atoms in total. The van der Waals surface area contributed by atoms with Gasteiger partial charge in [-0.2, -0.15) is 5.10 Å². The van der Waals surface area contributed by atoms with Gasteiger partial charge in [0.25, 0.3) is 5.91 Å². The fourth-order valence-corrected chi connectivity index (χ4v) is 3.15. The predicted molar refractivity (Wildman–Crippen MR) is 101 cm³/mol. The third-order valence-electron chi connectivity index (χ3n) is 4.67. The van der Waals surface area contributed by atoms with E-state index in [1.165, 1.54) is 0 Å². The Morgan fingerprint density at radius 1 is 1.30 bits per heavy atom. The van der Waals surface area contributed by atoms with Crippen LogP contribution in [-0.4, -0.2) is 47.2 Å². The van der Waals surface area contributed by atoms with Crippen molar-refractivity contribution in [2.75, 3.05) is 7.05 Å². The second kappa shape index (κ2) is 6.71. The highest BCUT2D eigenvalue weighted by Crippen LogP contribution is 2.17. The molecule has 4 rings (SSSR count). The van der Waals surface area contributed by atoms with Crippen molar-refractivity contribution in [2.45, 2.75) is 20.0 Å². The quantitative estimate of drug-likeness (QED) is 0.589. The van der Waals surface area contributed by atoms with Gasteiger partial charge in [-0.3, -0.25) is 9.89 Å². The van der Waals surface area contributed by atoms with Crippen LogP contribution >= 0.6 is 0 Å². The molecular formula is C19H21N7O. The second-order valence-electron chi connectivity index (χ2n) is 6.63. The molecule has 0 saturated carbocycles. The lowest BCUT2D eigenvalue weighted by molar-refractivity contribution is 0.0774. The van der Waals surface area contributed by atoms with E-state index in [0.717, 1.165) is 28.4 Å². The third-order valence-corrected chi connectivity index (χ3v) is 4.67. The van der Waals surface area contributed by atoms with E-state index in [1.807, 2.05) is 49.0 Å². The minimum absolute atomic E-state index is 0.146. The topological polar surface area (TPSA) is 84.6 Å². The van der Waals surface area contributed by atoms with Gasteiger partial charge in [0.1, 0.15) is 17.3 Å². The monoisotopic (exact) mass is 363 g/mol. The van der Waals surface area contributed by atoms with E-state index in [1.54, 1.807) is 24.2 Å². The van der Waals surface area contributed by atoms with Gasteiger partial charge in [0, 0.05) is 26.5 Å². The summed E-state index contributed by atoms with van der Waals surface area (Å²) in [6.45, 7) is 2.98. The van der Waals surface area contributed by atoms with Gasteiger partial charge in [-0.05, 0) is 25.1 Å². The zero-order chi connectivity index (χ0) is 19.0. The molecule has 0 unspecified atom stereocenters. The smallest absolute Gasteiger partial charge is 0.274 e. The van der Waals surface area contributed by atoms with E-state index < -0.39 is 0 Å². The van der Waals surface area contributed by atoms with Crippen LogP contribution in [0.5, 0.6) is 0 Å². The Hall–Kier alpha value is -3.42. The summed E-state index contributed by atoms with van der Waals surface area (Å²) >= 11 is 0. The lowest BCUT2D eigenvalue weighted by Gasteiger charge is -2.15. The fraction of sp³-hybridized carbons (Fsp3) is 0.263. The van der Waals surface area contributed by atoms with E-state index in [0.29, 0.717) is 18.8 Å². The number of aromatic amines is 1. The van der Waals surface area contributed by atoms with Gasteiger partial charge in [-0.15, -0.1) is 0 Å². The Kier molecular flexibility index (Phi) is 4.23. The molecule has 0 fully saturated rings. The number of hydrogen-bond donors (Lipinski definition) is 1. The molecule has 0 aliphatic rings. The Bertz CT molecular complexity index is 1100. The van der Waals surface area contributed by atoms with Crippen molar-refractivity contribution in [3.63, 3.8) is 0 Å². The first-order valence-corrected chi connectivity index (χ1v) is 8.71. The third kappa shape index (κ3) is 3.21. The number of H-pyrrole nitrogens is 1. The van der Waals surface area contributed by atoms with Crippen molar-refractivity contribution in [3.05, 3.63) is 65.8 Å². The van der Waals surface area contributed by atoms with E-state index in [9.17, 15) is 4.79 Å². The fourth-order valence-electron chi connectivity index (χ4n) is 3.15. The van der Waals surface area contributed by atoms with E-state index in [-0.39, 0.29) is 5.91 Å². The summed E-state index contributed by atoms with van der Waals surface area (Å²) in [5, 5.41) is 7.18. The molecule has 1 N–H and O–H groups in total. The number of nitrogens with one attached hydrogen (secondary N) is 1. The normalized spacial score (nSPS) is 11.2. The van der Waals surface area contributed by atoms with Crippen molar-refractivity contribution in [2.24, 2.45) is 7.05 Å². The van der Waals surface area contributed by atoms with Crippen LogP contribution in [0, 0.1) is 6.92 Å². The highest BCUT2D eigenvalue weighted by atomic mass is 16.2. The first-order valence-electron chi connectivity index (χ1n) is 8.71. The molecule has 1 aromatic carbocycles. The van der Waals surface area contributed by atoms with Gasteiger partial charge < -0.3 is 14.0 Å². The molecule has 0 bridgehead atoms. The predicted octanol–water partition coefficient (Wildman–Crippen LogP) is 2.12. The molecule has 3 heterocycles. The lowest BCUT2D eigenvalue weighted by Crippen LogP contribution is -2.27. The molecule has 0 spiro atoms. The lowest BCUT2D eigenvalue weighted by atomic mass is 10.3. The highest BCUT2D eigenvalue weighted by molar-refractivity contribution is 5.92. The highest BCUT2D eigenvalue weighted by Gasteiger charge is 2.18. The van der Waals surface area contributed by atoms with Gasteiger partial charge in [0.2, 0.25) is 0 Å². The number of amides is 1. The van der Waals surface area contributed by atoms with Crippen molar-refractivity contribution in [3.8, 4) is 0 Å². The maximum Gasteiger partial charge on any atom is 0.274 e. The average Bonchev–Trinajstić information content (AvgIpc) is 3.36. The first-order chi connectivity index (χ1) is 13.0. The SMILES string of the molecule is Cc1nc2ccccc2n1Cc1cc(C(=O)N(C)Cc2nccn2C)n[nH]1. The average molecular weight is 363 g/mol. The number of imidazole rings is 2. The first kappa shape index (κ1) is 17.0. The summed E-state index contributed by atoms with van der Waals surface area (Å²) in [7, 11) is 3.66. The van der Waals surface area contributed by atoms with Crippen LogP contribution in [0.3, 0.4) is 0 Å². The zero-order valence-corrected chi connectivity index (χ0v) is 15.5. The molecule has 0 aliphatic carbocycles. The molecule has 1 amide bonds. The van der Waals surface area contributed by atoms with Crippen LogP contribution < -0.4 is 0 Å². The molecule has 0 aliphatic heterocycles. The van der Waals surface area contributed by atoms with Crippen LogP contribution in [0.25, 0.3) is 11.0 Å². The number of para-hydroxylation sites is 2. The number of rotatable bonds is 5. The molecule has 0 radical (unpaired) electrons. The van der Waals surface area contributed by atoms with Crippen molar-refractivity contribution in [1.82, 2.24) is 34.2 Å². The number of carbonyl (C=O) groups excluding carboxylic acids is 1. The number of benzene rings is 1. The van der Waals surface area contributed by atoms with Crippen molar-refractivity contribution >= 4 is 16.9 Å². The van der Waals surface area contributed by atoms with Crippen LogP contribution in [0.4, 0.5) is 0 Å². The zero-order valence-electron chi connectivity index (χ0n) is 15.5. The number of aryl methyl sites for hydroxylation is 2. The van der Waals surface area contributed by atoms with E-state index in [4.69, 9.17) is 0 Å².